The number of unbranched alkanes of at least 4 members (excludes halogenated alkanes) is 23. The van der Waals surface area contributed by atoms with Crippen LogP contribution in [0.2, 0.25) is 0 Å². The van der Waals surface area contributed by atoms with Crippen LogP contribution in [0, 0.1) is 5.92 Å². The maximum absolute atomic E-state index is 2.54. The molecule has 0 nitrogen and oxygen atoms in total. The molecule has 50 heavy (non-hydrogen) atoms. The van der Waals surface area contributed by atoms with Crippen molar-refractivity contribution >= 4 is 0 Å². The Morgan fingerprint density at radius 3 is 1.42 bits per heavy atom. The van der Waals surface area contributed by atoms with Crippen molar-refractivity contribution in [3.63, 3.8) is 0 Å². The second kappa shape index (κ2) is 27.1. The van der Waals surface area contributed by atoms with E-state index in [1.165, 1.54) is 205 Å². The minimum atomic E-state index is 0.219. The molecule has 0 spiro atoms. The Labute approximate surface area is 313 Å². The fourth-order valence-corrected chi connectivity index (χ4v) is 9.49. The zero-order chi connectivity index (χ0) is 35.5. The summed E-state index contributed by atoms with van der Waals surface area (Å²) in [6.07, 6.45) is 45.0. The molecule has 0 radical (unpaired) electrons. The third-order valence-corrected chi connectivity index (χ3v) is 12.5. The van der Waals surface area contributed by atoms with Crippen molar-refractivity contribution in [2.24, 2.45) is 5.92 Å². The molecule has 2 unspecified atom stereocenters. The molecule has 0 saturated heterocycles. The van der Waals surface area contributed by atoms with E-state index in [1.807, 2.05) is 0 Å². The molecule has 1 aliphatic carbocycles. The minimum absolute atomic E-state index is 0.219. The van der Waals surface area contributed by atoms with E-state index in [9.17, 15) is 0 Å². The number of aryl methyl sites for hydroxylation is 1. The van der Waals surface area contributed by atoms with Gasteiger partial charge in [0.2, 0.25) is 0 Å². The summed E-state index contributed by atoms with van der Waals surface area (Å²) in [5, 5.41) is 0. The van der Waals surface area contributed by atoms with Crippen LogP contribution >= 0.6 is 0 Å². The Kier molecular flexibility index (Phi) is 23.2. The van der Waals surface area contributed by atoms with Gasteiger partial charge in [0.05, 0.1) is 0 Å². The van der Waals surface area contributed by atoms with Gasteiger partial charge in [0.1, 0.15) is 0 Å². The number of benzene rings is 2. The van der Waals surface area contributed by atoms with Crippen LogP contribution in [0.5, 0.6) is 0 Å². The van der Waals surface area contributed by atoms with Gasteiger partial charge in [-0.05, 0) is 59.4 Å². The van der Waals surface area contributed by atoms with Gasteiger partial charge in [0.25, 0.3) is 0 Å². The van der Waals surface area contributed by atoms with E-state index in [4.69, 9.17) is 0 Å². The number of rotatable bonds is 33. The van der Waals surface area contributed by atoms with Crippen LogP contribution in [0.4, 0.5) is 0 Å². The van der Waals surface area contributed by atoms with Gasteiger partial charge >= 0.3 is 0 Å². The molecule has 2 aromatic carbocycles. The molecule has 0 heterocycles. The third kappa shape index (κ3) is 15.2. The molecular weight excluding hydrogens is 601 g/mol. The fourth-order valence-electron chi connectivity index (χ4n) is 9.49. The smallest absolute Gasteiger partial charge is 0.0217 e. The highest BCUT2D eigenvalue weighted by molar-refractivity contribution is 5.82. The highest BCUT2D eigenvalue weighted by Gasteiger charge is 2.43. The quantitative estimate of drug-likeness (QED) is 0.0657. The highest BCUT2D eigenvalue weighted by atomic mass is 14.5. The van der Waals surface area contributed by atoms with Crippen LogP contribution in [0.25, 0.3) is 11.1 Å². The fraction of sp³-hybridized carbons (Fsp3) is 0.760. The Hall–Kier alpha value is -1.56. The highest BCUT2D eigenvalue weighted by Crippen LogP contribution is 2.55. The molecule has 0 saturated carbocycles. The molecule has 0 amide bonds. The molecule has 1 aliphatic rings. The van der Waals surface area contributed by atoms with E-state index < -0.39 is 0 Å². The van der Waals surface area contributed by atoms with Crippen molar-refractivity contribution in [1.82, 2.24) is 0 Å². The van der Waals surface area contributed by atoms with Crippen molar-refractivity contribution in [1.29, 1.82) is 0 Å². The van der Waals surface area contributed by atoms with Gasteiger partial charge in [0.15, 0.2) is 0 Å². The third-order valence-electron chi connectivity index (χ3n) is 12.5. The van der Waals surface area contributed by atoms with Crippen molar-refractivity contribution < 1.29 is 0 Å². The molecule has 284 valence electrons. The average molecular weight is 685 g/mol. The molecule has 2 aromatic rings. The summed E-state index contributed by atoms with van der Waals surface area (Å²) in [4.78, 5) is 0. The van der Waals surface area contributed by atoms with Gasteiger partial charge in [-0.1, -0.05) is 250 Å². The lowest BCUT2D eigenvalue weighted by Crippen LogP contribution is -2.27. The van der Waals surface area contributed by atoms with E-state index in [0.29, 0.717) is 0 Å². The van der Waals surface area contributed by atoms with E-state index in [-0.39, 0.29) is 5.41 Å². The van der Waals surface area contributed by atoms with Gasteiger partial charge in [0, 0.05) is 5.41 Å². The Morgan fingerprint density at radius 1 is 0.420 bits per heavy atom. The maximum Gasteiger partial charge on any atom is 0.0217 e. The lowest BCUT2D eigenvalue weighted by Gasteiger charge is -2.34. The lowest BCUT2D eigenvalue weighted by atomic mass is 9.69. The summed E-state index contributed by atoms with van der Waals surface area (Å²) < 4.78 is 0. The van der Waals surface area contributed by atoms with Crippen LogP contribution in [-0.4, -0.2) is 0 Å². The molecule has 0 aliphatic heterocycles. The molecule has 0 fully saturated rings. The van der Waals surface area contributed by atoms with Crippen molar-refractivity contribution in [3.8, 4) is 11.1 Å². The molecule has 0 heteroatoms. The van der Waals surface area contributed by atoms with Crippen molar-refractivity contribution in [2.75, 3.05) is 0 Å². The first-order chi connectivity index (χ1) is 24.7. The van der Waals surface area contributed by atoms with Crippen LogP contribution in [-0.2, 0) is 11.8 Å². The zero-order valence-corrected chi connectivity index (χ0v) is 34.2. The summed E-state index contributed by atoms with van der Waals surface area (Å²) in [7, 11) is 0. The molecule has 0 bridgehead atoms. The monoisotopic (exact) mass is 685 g/mol. The molecule has 2 atom stereocenters. The Balaban J connectivity index is 1.63. The minimum Gasteiger partial charge on any atom is -0.0654 e. The second-order valence-corrected chi connectivity index (χ2v) is 16.9. The second-order valence-electron chi connectivity index (χ2n) is 16.9. The first kappa shape index (κ1) is 42.8. The predicted molar refractivity (Wildman–Crippen MR) is 226 cm³/mol. The van der Waals surface area contributed by atoms with Gasteiger partial charge < -0.3 is 0 Å². The summed E-state index contributed by atoms with van der Waals surface area (Å²) >= 11 is 0. The van der Waals surface area contributed by atoms with Gasteiger partial charge in [-0.15, -0.1) is 0 Å². The normalized spacial score (nSPS) is 15.8. The molecule has 0 aromatic heterocycles. The Morgan fingerprint density at radius 2 is 0.880 bits per heavy atom. The lowest BCUT2D eigenvalue weighted by molar-refractivity contribution is 0.393. The van der Waals surface area contributed by atoms with E-state index >= 15 is 0 Å². The summed E-state index contributed by atoms with van der Waals surface area (Å²) in [5.41, 5.74) is 8.48. The summed E-state index contributed by atoms with van der Waals surface area (Å²) in [5.74, 6) is 0.919. The number of fused-ring (bicyclic) bond motifs is 3. The van der Waals surface area contributed by atoms with E-state index in [1.54, 1.807) is 27.8 Å². The van der Waals surface area contributed by atoms with Crippen LogP contribution in [0.3, 0.4) is 0 Å². The van der Waals surface area contributed by atoms with Crippen LogP contribution in [0.1, 0.15) is 243 Å². The van der Waals surface area contributed by atoms with Crippen LogP contribution in [0.15, 0.2) is 42.5 Å². The number of hydrogen-bond acceptors (Lipinski definition) is 0. The van der Waals surface area contributed by atoms with E-state index in [2.05, 4.69) is 70.2 Å². The van der Waals surface area contributed by atoms with Crippen molar-refractivity contribution in [3.05, 3.63) is 59.2 Å². The number of hydrogen-bond donors (Lipinski definition) is 0. The predicted octanol–water partition coefficient (Wildman–Crippen LogP) is 17.3. The van der Waals surface area contributed by atoms with Crippen molar-refractivity contribution in [2.45, 2.75) is 239 Å². The zero-order valence-electron chi connectivity index (χ0n) is 34.2. The Bertz CT molecular complexity index is 1090. The first-order valence-electron chi connectivity index (χ1n) is 22.9. The van der Waals surface area contributed by atoms with Crippen LogP contribution < -0.4 is 0 Å². The van der Waals surface area contributed by atoms with Gasteiger partial charge in [-0.3, -0.25) is 0 Å². The summed E-state index contributed by atoms with van der Waals surface area (Å²) in [6, 6.07) is 17.0. The molecule has 0 N–H and O–H groups in total. The van der Waals surface area contributed by atoms with E-state index in [0.717, 1.165) is 5.92 Å². The summed E-state index contributed by atoms with van der Waals surface area (Å²) in [6.45, 7) is 9.44. The largest absolute Gasteiger partial charge is 0.0654 e. The SMILES string of the molecule is CCCCCCCCCCCCc1cccc2c1C(CCCCCCCCCCCC)(CCCCCCCCC(C)CCC)c1ccccc1-2. The van der Waals surface area contributed by atoms with Gasteiger partial charge in [-0.25, -0.2) is 0 Å². The molecular formula is C50H84. The standard InChI is InChI=1S/C50H84/c1-5-8-10-12-14-16-18-20-25-29-37-45-38-34-40-47-46-39-30-31-41-48(46)50(49(45)47,42-32-26-22-19-17-15-13-11-9-6-2)43-33-27-23-21-24-28-36-44(4)35-7-3/h30-31,34,38-41,44H,5-29,32-33,35-37,42-43H2,1-4H3. The first-order valence-corrected chi connectivity index (χ1v) is 22.9. The average Bonchev–Trinajstić information content (AvgIpc) is 3.41. The molecule has 3 rings (SSSR count). The van der Waals surface area contributed by atoms with Gasteiger partial charge in [-0.2, -0.15) is 0 Å². The topological polar surface area (TPSA) is 0 Å². The maximum atomic E-state index is 2.54.